The van der Waals surface area contributed by atoms with Crippen molar-refractivity contribution in [2.24, 2.45) is 11.8 Å². The van der Waals surface area contributed by atoms with Crippen LogP contribution in [0.15, 0.2) is 116 Å². The lowest BCUT2D eigenvalue weighted by Crippen LogP contribution is -2.58. The van der Waals surface area contributed by atoms with Gasteiger partial charge >= 0.3 is 0 Å². The highest BCUT2D eigenvalue weighted by Crippen LogP contribution is 2.68. The molecule has 0 aromatic heterocycles. The Labute approximate surface area is 295 Å². The van der Waals surface area contributed by atoms with E-state index in [1.54, 1.807) is 38.6 Å². The van der Waals surface area contributed by atoms with E-state index >= 15 is 4.79 Å². The number of aliphatic hydroxyl groups is 1. The Hall–Kier alpha value is -3.66. The average Bonchev–Trinajstić information content (AvgIpc) is 3.70. The summed E-state index contributed by atoms with van der Waals surface area (Å²) in [6, 6.07) is 27.8. The van der Waals surface area contributed by atoms with Crippen molar-refractivity contribution in [3.63, 3.8) is 0 Å². The molecule has 3 amide bonds. The summed E-state index contributed by atoms with van der Waals surface area (Å²) in [7, 11) is 0. The van der Waals surface area contributed by atoms with Crippen LogP contribution in [0.1, 0.15) is 23.1 Å². The van der Waals surface area contributed by atoms with E-state index in [0.717, 1.165) is 16.7 Å². The molecule has 9 heteroatoms. The molecule has 7 atom stereocenters. The molecule has 0 saturated carbocycles. The molecule has 3 heterocycles. The second kappa shape index (κ2) is 14.8. The molecule has 3 fully saturated rings. The summed E-state index contributed by atoms with van der Waals surface area (Å²) >= 11 is 5.52. The molecule has 48 heavy (non-hydrogen) atoms. The number of nitrogens with zero attached hydrogens (tertiary/aromatic N) is 3. The van der Waals surface area contributed by atoms with E-state index in [0.29, 0.717) is 39.0 Å². The van der Waals surface area contributed by atoms with Gasteiger partial charge in [-0.25, -0.2) is 0 Å². The minimum atomic E-state index is -0.866. The zero-order chi connectivity index (χ0) is 33.8. The highest BCUT2D eigenvalue weighted by Gasteiger charge is 2.76. The number of hydrogen-bond acceptors (Lipinski definition) is 5. The second-order valence-corrected chi connectivity index (χ2v) is 15.6. The van der Waals surface area contributed by atoms with Crippen LogP contribution in [-0.4, -0.2) is 84.1 Å². The Morgan fingerprint density at radius 3 is 1.88 bits per heavy atom. The van der Waals surface area contributed by atoms with Gasteiger partial charge in [-0.15, -0.1) is 24.9 Å². The number of hydrogen-bond donors (Lipinski definition) is 1. The Morgan fingerprint density at radius 2 is 1.38 bits per heavy atom. The van der Waals surface area contributed by atoms with Gasteiger partial charge in [-0.2, -0.15) is 0 Å². The largest absolute Gasteiger partial charge is 0.394 e. The van der Waals surface area contributed by atoms with E-state index in [9.17, 15) is 14.7 Å². The van der Waals surface area contributed by atoms with E-state index in [-0.39, 0.29) is 34.4 Å². The van der Waals surface area contributed by atoms with Gasteiger partial charge in [-0.05, 0) is 29.5 Å². The molecule has 250 valence electrons. The van der Waals surface area contributed by atoms with Gasteiger partial charge in [0.05, 0.1) is 29.2 Å². The molecule has 6 rings (SSSR count). The van der Waals surface area contributed by atoms with Crippen molar-refractivity contribution in [2.75, 3.05) is 19.7 Å². The van der Waals surface area contributed by atoms with E-state index < -0.39 is 28.7 Å². The Morgan fingerprint density at radius 1 is 0.875 bits per heavy atom. The van der Waals surface area contributed by atoms with E-state index in [4.69, 9.17) is 0 Å². The number of carbonyl (C=O) groups is 3. The third-order valence-corrected chi connectivity index (χ3v) is 13.1. The van der Waals surface area contributed by atoms with Crippen molar-refractivity contribution in [1.29, 1.82) is 0 Å². The molecule has 7 nitrogen and oxygen atoms in total. The minimum absolute atomic E-state index is 0.0678. The standard InChI is InChI=1S/C39H42BrN3O4S/c1-3-20-41(24-28-16-10-6-11-17-28)36(45)32-33-37(46)43(30(26-44)22-27-14-8-5-9-15-27)35(39(33)23-31(40)34(32)48-39)38(47)42(21-4-2)25-29-18-12-7-13-19-29/h3-19,30-35,44H,1-2,20-26H2/t30-,31?,32+,33+,34+,35?,39?/m1/s1. The minimum Gasteiger partial charge on any atom is -0.394 e. The van der Waals surface area contributed by atoms with Crippen LogP contribution in [-0.2, 0) is 33.9 Å². The highest BCUT2D eigenvalue weighted by atomic mass is 79.9. The van der Waals surface area contributed by atoms with Crippen molar-refractivity contribution >= 4 is 45.4 Å². The van der Waals surface area contributed by atoms with Crippen LogP contribution in [0.5, 0.6) is 0 Å². The van der Waals surface area contributed by atoms with Gasteiger partial charge in [-0.3, -0.25) is 14.4 Å². The van der Waals surface area contributed by atoms with Crippen molar-refractivity contribution in [2.45, 2.75) is 52.8 Å². The van der Waals surface area contributed by atoms with E-state index in [1.807, 2.05) is 91.0 Å². The fourth-order valence-electron chi connectivity index (χ4n) is 7.93. The summed E-state index contributed by atoms with van der Waals surface area (Å²) < 4.78 is -0.847. The molecule has 1 spiro atoms. The van der Waals surface area contributed by atoms with Gasteiger partial charge in [-0.1, -0.05) is 119 Å². The maximum Gasteiger partial charge on any atom is 0.247 e. The number of benzene rings is 3. The molecule has 3 saturated heterocycles. The van der Waals surface area contributed by atoms with Crippen LogP contribution < -0.4 is 0 Å². The molecular formula is C39H42BrN3O4S. The first-order valence-electron chi connectivity index (χ1n) is 16.5. The zero-order valence-electron chi connectivity index (χ0n) is 26.9. The zero-order valence-corrected chi connectivity index (χ0v) is 29.3. The van der Waals surface area contributed by atoms with E-state index in [1.165, 1.54) is 0 Å². The number of rotatable bonds is 14. The van der Waals surface area contributed by atoms with Gasteiger partial charge in [0, 0.05) is 36.3 Å². The predicted octanol–water partition coefficient (Wildman–Crippen LogP) is 5.48. The van der Waals surface area contributed by atoms with Gasteiger partial charge in [0.25, 0.3) is 0 Å². The molecule has 3 aliphatic rings. The summed E-state index contributed by atoms with van der Waals surface area (Å²) in [4.78, 5) is 49.8. The molecule has 3 unspecified atom stereocenters. The molecule has 3 aromatic carbocycles. The summed E-state index contributed by atoms with van der Waals surface area (Å²) in [5, 5.41) is 10.7. The Balaban J connectivity index is 1.42. The maximum absolute atomic E-state index is 15.0. The normalized spacial score (nSPS) is 26.2. The molecule has 3 aliphatic heterocycles. The molecular weight excluding hydrogens is 686 g/mol. The molecule has 3 aromatic rings. The second-order valence-electron chi connectivity index (χ2n) is 12.9. The fraction of sp³-hybridized carbons (Fsp3) is 0.359. The Bertz CT molecular complexity index is 1630. The fourth-order valence-corrected chi connectivity index (χ4v) is 11.5. The number of likely N-dealkylation sites (tertiary alicyclic amines) is 1. The predicted molar refractivity (Wildman–Crippen MR) is 194 cm³/mol. The van der Waals surface area contributed by atoms with Crippen molar-refractivity contribution in [1.82, 2.24) is 14.7 Å². The maximum atomic E-state index is 15.0. The monoisotopic (exact) mass is 727 g/mol. The van der Waals surface area contributed by atoms with Crippen LogP contribution in [0, 0.1) is 11.8 Å². The quantitative estimate of drug-likeness (QED) is 0.176. The van der Waals surface area contributed by atoms with Gasteiger partial charge < -0.3 is 19.8 Å². The summed E-state index contributed by atoms with van der Waals surface area (Å²) in [5.41, 5.74) is 2.92. The SMILES string of the molecule is C=CCN(Cc1ccccc1)C(=O)C1N([C@@H](CO)Cc2ccccc2)C(=O)[C@@H]2[C@H](C(=O)N(CC=C)Cc3ccccc3)[C@H]3SC12CC3Br. The Kier molecular flexibility index (Phi) is 10.6. The smallest absolute Gasteiger partial charge is 0.247 e. The number of carbonyl (C=O) groups excluding carboxylic acids is 3. The molecule has 1 N–H and O–H groups in total. The van der Waals surface area contributed by atoms with Crippen LogP contribution >= 0.6 is 27.7 Å². The van der Waals surface area contributed by atoms with Gasteiger partial charge in [0.1, 0.15) is 6.04 Å². The van der Waals surface area contributed by atoms with Crippen LogP contribution in [0.2, 0.25) is 0 Å². The van der Waals surface area contributed by atoms with Crippen molar-refractivity contribution in [3.8, 4) is 0 Å². The van der Waals surface area contributed by atoms with Crippen molar-refractivity contribution in [3.05, 3.63) is 133 Å². The van der Waals surface area contributed by atoms with Crippen LogP contribution in [0.4, 0.5) is 0 Å². The highest BCUT2D eigenvalue weighted by molar-refractivity contribution is 9.09. The van der Waals surface area contributed by atoms with E-state index in [2.05, 4.69) is 29.1 Å². The number of aliphatic hydroxyl groups excluding tert-OH is 1. The lowest BCUT2D eigenvalue weighted by molar-refractivity contribution is -0.147. The summed E-state index contributed by atoms with van der Waals surface area (Å²) in [6.07, 6.45) is 4.37. The number of alkyl halides is 1. The average molecular weight is 729 g/mol. The number of halogens is 1. The molecule has 0 radical (unpaired) electrons. The van der Waals surface area contributed by atoms with Crippen LogP contribution in [0.25, 0.3) is 0 Å². The third-order valence-electron chi connectivity index (χ3n) is 9.92. The number of amides is 3. The van der Waals surface area contributed by atoms with Gasteiger partial charge in [0.2, 0.25) is 17.7 Å². The molecule has 0 aliphatic carbocycles. The summed E-state index contributed by atoms with van der Waals surface area (Å²) in [5.74, 6) is -1.87. The first-order chi connectivity index (χ1) is 23.3. The lowest BCUT2D eigenvalue weighted by atomic mass is 9.70. The van der Waals surface area contributed by atoms with Crippen molar-refractivity contribution < 1.29 is 19.5 Å². The number of thioether (sulfide) groups is 1. The first kappa shape index (κ1) is 34.2. The molecule has 2 bridgehead atoms. The van der Waals surface area contributed by atoms with Crippen LogP contribution in [0.3, 0.4) is 0 Å². The van der Waals surface area contributed by atoms with Gasteiger partial charge in [0.15, 0.2) is 0 Å². The summed E-state index contributed by atoms with van der Waals surface area (Å²) in [6.45, 7) is 8.93. The lowest BCUT2D eigenvalue weighted by Gasteiger charge is -2.40. The third kappa shape index (κ3) is 6.40. The topological polar surface area (TPSA) is 81.2 Å². The first-order valence-corrected chi connectivity index (χ1v) is 18.3. The number of fused-ring (bicyclic) bond motifs is 1.